The molecule has 0 aromatic heterocycles. The quantitative estimate of drug-likeness (QED) is 0.482. The first kappa shape index (κ1) is 18.8. The molecule has 0 aromatic rings. The number of hydrogen-bond acceptors (Lipinski definition) is 6. The van der Waals surface area contributed by atoms with Crippen LogP contribution in [-0.2, 0) is 23.7 Å². The van der Waals surface area contributed by atoms with Crippen molar-refractivity contribution in [3.8, 4) is 0 Å². The molecular formula is C15H31NO5. The Morgan fingerprint density at radius 2 is 1.48 bits per heavy atom. The van der Waals surface area contributed by atoms with Crippen LogP contribution in [0.15, 0.2) is 0 Å². The summed E-state index contributed by atoms with van der Waals surface area (Å²) in [6, 6.07) is 0.105. The predicted molar refractivity (Wildman–Crippen MR) is 80.5 cm³/mol. The van der Waals surface area contributed by atoms with Gasteiger partial charge in [-0.1, -0.05) is 13.3 Å². The van der Waals surface area contributed by atoms with Gasteiger partial charge in [-0.05, 0) is 12.8 Å². The molecule has 0 bridgehead atoms. The normalized spacial score (nSPS) is 25.0. The Morgan fingerprint density at radius 1 is 0.905 bits per heavy atom. The highest BCUT2D eigenvalue weighted by molar-refractivity contribution is 4.94. The zero-order chi connectivity index (χ0) is 15.3. The molecule has 6 nitrogen and oxygen atoms in total. The Hall–Kier alpha value is -0.240. The predicted octanol–water partition coefficient (Wildman–Crippen LogP) is 0.968. The molecule has 0 aromatic carbocycles. The van der Waals surface area contributed by atoms with Crippen LogP contribution in [0.5, 0.6) is 0 Å². The molecule has 1 fully saturated rings. The van der Waals surface area contributed by atoms with Gasteiger partial charge in [-0.15, -0.1) is 0 Å². The highest BCUT2D eigenvalue weighted by Crippen LogP contribution is 2.24. The van der Waals surface area contributed by atoms with Gasteiger partial charge in [-0.2, -0.15) is 0 Å². The maximum absolute atomic E-state index is 5.80. The van der Waals surface area contributed by atoms with Crippen LogP contribution in [0.4, 0.5) is 0 Å². The molecule has 1 rings (SSSR count). The molecular weight excluding hydrogens is 274 g/mol. The van der Waals surface area contributed by atoms with Gasteiger partial charge in [0.25, 0.3) is 0 Å². The summed E-state index contributed by atoms with van der Waals surface area (Å²) in [5, 5.41) is 0. The molecule has 126 valence electrons. The minimum Gasteiger partial charge on any atom is -0.379 e. The lowest BCUT2D eigenvalue weighted by atomic mass is 9.86. The lowest BCUT2D eigenvalue weighted by Crippen LogP contribution is -2.57. The number of ether oxygens (including phenoxy) is 5. The van der Waals surface area contributed by atoms with Crippen LogP contribution in [0.3, 0.4) is 0 Å². The minimum absolute atomic E-state index is 0.0287. The molecule has 2 N–H and O–H groups in total. The average Bonchev–Trinajstić information content (AvgIpc) is 2.47. The Bertz CT molecular complexity index is 242. The summed E-state index contributed by atoms with van der Waals surface area (Å²) in [5.74, 6) is 0. The fraction of sp³-hybridized carbons (Fsp3) is 1.00. The Kier molecular flexibility index (Phi) is 11.0. The summed E-state index contributed by atoms with van der Waals surface area (Å²) < 4.78 is 27.1. The van der Waals surface area contributed by atoms with Gasteiger partial charge in [0, 0.05) is 19.8 Å². The van der Waals surface area contributed by atoms with Crippen molar-refractivity contribution in [2.24, 2.45) is 5.73 Å². The van der Waals surface area contributed by atoms with E-state index in [0.717, 1.165) is 25.9 Å². The number of methoxy groups -OCH3 is 1. The van der Waals surface area contributed by atoms with Crippen molar-refractivity contribution in [2.75, 3.05) is 53.4 Å². The summed E-state index contributed by atoms with van der Waals surface area (Å²) in [6.45, 7) is 6.55. The van der Waals surface area contributed by atoms with Gasteiger partial charge in [0.1, 0.15) is 0 Å². The summed E-state index contributed by atoms with van der Waals surface area (Å²) in [7, 11) is 1.67. The van der Waals surface area contributed by atoms with Crippen LogP contribution in [-0.4, -0.2) is 71.6 Å². The highest BCUT2D eigenvalue weighted by Gasteiger charge is 2.39. The number of rotatable bonds is 14. The number of unbranched alkanes of at least 4 members (excludes halogenated alkanes) is 1. The van der Waals surface area contributed by atoms with Crippen LogP contribution in [0.2, 0.25) is 0 Å². The molecule has 0 heterocycles. The maximum atomic E-state index is 5.80. The SMILES string of the molecule is CCCCOCCOCCOCCOC1CC(N)C1OC. The molecule has 0 saturated heterocycles. The fourth-order valence-corrected chi connectivity index (χ4v) is 2.15. The fourth-order valence-electron chi connectivity index (χ4n) is 2.15. The third-order valence-electron chi connectivity index (χ3n) is 3.51. The van der Waals surface area contributed by atoms with Crippen LogP contribution < -0.4 is 5.73 Å². The monoisotopic (exact) mass is 305 g/mol. The van der Waals surface area contributed by atoms with Crippen LogP contribution in [0, 0.1) is 0 Å². The van der Waals surface area contributed by atoms with Crippen LogP contribution in [0.25, 0.3) is 0 Å². The van der Waals surface area contributed by atoms with Crippen LogP contribution >= 0.6 is 0 Å². The van der Waals surface area contributed by atoms with E-state index >= 15 is 0 Å². The van der Waals surface area contributed by atoms with E-state index < -0.39 is 0 Å². The van der Waals surface area contributed by atoms with E-state index in [-0.39, 0.29) is 18.2 Å². The summed E-state index contributed by atoms with van der Waals surface area (Å²) in [5.41, 5.74) is 5.80. The smallest absolute Gasteiger partial charge is 0.0984 e. The van der Waals surface area contributed by atoms with E-state index in [9.17, 15) is 0 Å². The molecule has 6 heteroatoms. The standard InChI is InChI=1S/C15H31NO5/c1-3-4-5-18-6-7-19-8-9-20-10-11-21-14-12-13(16)15(14)17-2/h13-15H,3-12,16H2,1-2H3. The molecule has 3 unspecified atom stereocenters. The van der Waals surface area contributed by atoms with E-state index in [1.54, 1.807) is 7.11 Å². The van der Waals surface area contributed by atoms with Gasteiger partial charge in [0.05, 0.1) is 51.8 Å². The van der Waals surface area contributed by atoms with E-state index in [1.165, 1.54) is 0 Å². The van der Waals surface area contributed by atoms with Gasteiger partial charge in [-0.3, -0.25) is 0 Å². The van der Waals surface area contributed by atoms with Gasteiger partial charge in [0.2, 0.25) is 0 Å². The van der Waals surface area contributed by atoms with Gasteiger partial charge < -0.3 is 29.4 Å². The largest absolute Gasteiger partial charge is 0.379 e. The zero-order valence-electron chi connectivity index (χ0n) is 13.4. The van der Waals surface area contributed by atoms with Crippen molar-refractivity contribution in [3.05, 3.63) is 0 Å². The molecule has 0 amide bonds. The Labute approximate surface area is 128 Å². The van der Waals surface area contributed by atoms with Crippen LogP contribution in [0.1, 0.15) is 26.2 Å². The second-order valence-corrected chi connectivity index (χ2v) is 5.20. The van der Waals surface area contributed by atoms with Crippen molar-refractivity contribution in [2.45, 2.75) is 44.4 Å². The highest BCUT2D eigenvalue weighted by atomic mass is 16.6. The lowest BCUT2D eigenvalue weighted by molar-refractivity contribution is -0.134. The van der Waals surface area contributed by atoms with E-state index in [0.29, 0.717) is 39.6 Å². The van der Waals surface area contributed by atoms with E-state index in [2.05, 4.69) is 6.92 Å². The minimum atomic E-state index is 0.0287. The number of nitrogens with two attached hydrogens (primary N) is 1. The zero-order valence-corrected chi connectivity index (χ0v) is 13.4. The summed E-state index contributed by atoms with van der Waals surface area (Å²) in [4.78, 5) is 0. The molecule has 0 spiro atoms. The Balaban J connectivity index is 1.75. The van der Waals surface area contributed by atoms with Crippen molar-refractivity contribution in [3.63, 3.8) is 0 Å². The first-order chi connectivity index (χ1) is 10.3. The molecule has 0 radical (unpaired) electrons. The summed E-state index contributed by atoms with van der Waals surface area (Å²) >= 11 is 0. The summed E-state index contributed by atoms with van der Waals surface area (Å²) in [6.07, 6.45) is 3.28. The molecule has 21 heavy (non-hydrogen) atoms. The molecule has 1 saturated carbocycles. The van der Waals surface area contributed by atoms with E-state index in [4.69, 9.17) is 29.4 Å². The Morgan fingerprint density at radius 3 is 2.00 bits per heavy atom. The van der Waals surface area contributed by atoms with E-state index in [1.807, 2.05) is 0 Å². The third kappa shape index (κ3) is 8.09. The van der Waals surface area contributed by atoms with Gasteiger partial charge >= 0.3 is 0 Å². The first-order valence-corrected chi connectivity index (χ1v) is 7.92. The van der Waals surface area contributed by atoms with Crippen molar-refractivity contribution in [1.29, 1.82) is 0 Å². The molecule has 0 aliphatic heterocycles. The lowest BCUT2D eigenvalue weighted by Gasteiger charge is -2.40. The second kappa shape index (κ2) is 12.3. The molecule has 1 aliphatic rings. The van der Waals surface area contributed by atoms with Gasteiger partial charge in [0.15, 0.2) is 0 Å². The van der Waals surface area contributed by atoms with Crippen molar-refractivity contribution < 1.29 is 23.7 Å². The maximum Gasteiger partial charge on any atom is 0.0984 e. The topological polar surface area (TPSA) is 72.2 Å². The average molecular weight is 305 g/mol. The first-order valence-electron chi connectivity index (χ1n) is 7.92. The third-order valence-corrected chi connectivity index (χ3v) is 3.51. The van der Waals surface area contributed by atoms with Gasteiger partial charge in [-0.25, -0.2) is 0 Å². The van der Waals surface area contributed by atoms with Crippen molar-refractivity contribution >= 4 is 0 Å². The molecule has 3 atom stereocenters. The second-order valence-electron chi connectivity index (χ2n) is 5.20. The number of hydrogen-bond donors (Lipinski definition) is 1. The molecule has 1 aliphatic carbocycles. The van der Waals surface area contributed by atoms with Crippen molar-refractivity contribution in [1.82, 2.24) is 0 Å².